The van der Waals surface area contributed by atoms with Gasteiger partial charge in [0.05, 0.1) is 10.7 Å². The number of halogens is 1. The fourth-order valence-electron chi connectivity index (χ4n) is 2.91. The molecule has 112 valence electrons. The minimum absolute atomic E-state index is 0.615. The Morgan fingerprint density at radius 3 is 2.65 bits per heavy atom. The molecule has 1 aromatic rings. The third-order valence-corrected chi connectivity index (χ3v) is 4.53. The molecule has 1 aliphatic heterocycles. The van der Waals surface area contributed by atoms with E-state index in [-0.39, 0.29) is 0 Å². The van der Waals surface area contributed by atoms with E-state index in [0.29, 0.717) is 12.1 Å². The number of pyridine rings is 1. The first-order valence-electron chi connectivity index (χ1n) is 7.76. The number of likely N-dealkylation sites (tertiary alicyclic amines) is 1. The minimum atomic E-state index is 0.615. The smallest absolute Gasteiger partial charge is 0.126 e. The standard InChI is InChI=1S/C16H26ClN3/c1-4-10-18-16-9-8-14(17)15(19-16)11-20-12(2)6-5-7-13(20)3/h8-9,12-13H,4-7,10-11H2,1-3H3,(H,18,19). The summed E-state index contributed by atoms with van der Waals surface area (Å²) in [6.07, 6.45) is 4.98. The molecule has 0 amide bonds. The Morgan fingerprint density at radius 2 is 2.00 bits per heavy atom. The molecule has 0 saturated carbocycles. The van der Waals surface area contributed by atoms with Crippen molar-refractivity contribution >= 4 is 17.4 Å². The van der Waals surface area contributed by atoms with Gasteiger partial charge in [-0.2, -0.15) is 0 Å². The maximum absolute atomic E-state index is 6.33. The van der Waals surface area contributed by atoms with Crippen molar-refractivity contribution in [3.8, 4) is 0 Å². The average molecular weight is 296 g/mol. The highest BCUT2D eigenvalue weighted by atomic mass is 35.5. The molecule has 0 radical (unpaired) electrons. The second kappa shape index (κ2) is 7.28. The zero-order chi connectivity index (χ0) is 14.5. The number of nitrogens with one attached hydrogen (secondary N) is 1. The topological polar surface area (TPSA) is 28.2 Å². The molecule has 1 N–H and O–H groups in total. The second-order valence-corrected chi connectivity index (χ2v) is 6.26. The fraction of sp³-hybridized carbons (Fsp3) is 0.688. The van der Waals surface area contributed by atoms with E-state index >= 15 is 0 Å². The SMILES string of the molecule is CCCNc1ccc(Cl)c(CN2C(C)CCCC2C)n1. The molecule has 3 nitrogen and oxygen atoms in total. The van der Waals surface area contributed by atoms with Crippen molar-refractivity contribution in [2.75, 3.05) is 11.9 Å². The molecule has 0 spiro atoms. The Bertz CT molecular complexity index is 426. The number of hydrogen-bond donors (Lipinski definition) is 1. The van der Waals surface area contributed by atoms with Gasteiger partial charge in [0, 0.05) is 25.2 Å². The van der Waals surface area contributed by atoms with Crippen molar-refractivity contribution in [1.82, 2.24) is 9.88 Å². The zero-order valence-corrected chi connectivity index (χ0v) is 13.6. The first-order chi connectivity index (χ1) is 9.61. The summed E-state index contributed by atoms with van der Waals surface area (Å²) in [6, 6.07) is 5.15. The molecular weight excluding hydrogens is 270 g/mol. The number of aromatic nitrogens is 1. The van der Waals surface area contributed by atoms with Crippen LogP contribution in [0.15, 0.2) is 12.1 Å². The molecule has 1 fully saturated rings. The molecule has 2 heterocycles. The predicted molar refractivity (Wildman–Crippen MR) is 86.3 cm³/mol. The van der Waals surface area contributed by atoms with Gasteiger partial charge >= 0.3 is 0 Å². The number of anilines is 1. The van der Waals surface area contributed by atoms with Gasteiger partial charge < -0.3 is 5.32 Å². The number of piperidine rings is 1. The summed E-state index contributed by atoms with van der Waals surface area (Å²) >= 11 is 6.33. The van der Waals surface area contributed by atoms with E-state index in [4.69, 9.17) is 11.6 Å². The Kier molecular flexibility index (Phi) is 5.67. The molecule has 2 unspecified atom stereocenters. The molecule has 2 rings (SSSR count). The molecule has 20 heavy (non-hydrogen) atoms. The van der Waals surface area contributed by atoms with Crippen molar-refractivity contribution in [2.24, 2.45) is 0 Å². The lowest BCUT2D eigenvalue weighted by Crippen LogP contribution is -2.43. The first kappa shape index (κ1) is 15.6. The van der Waals surface area contributed by atoms with Gasteiger partial charge in [-0.15, -0.1) is 0 Å². The van der Waals surface area contributed by atoms with E-state index in [1.54, 1.807) is 0 Å². The summed E-state index contributed by atoms with van der Waals surface area (Å²) in [7, 11) is 0. The summed E-state index contributed by atoms with van der Waals surface area (Å²) in [5.74, 6) is 0.934. The fourth-order valence-corrected chi connectivity index (χ4v) is 3.07. The Labute approximate surface area is 127 Å². The van der Waals surface area contributed by atoms with Crippen LogP contribution in [0.25, 0.3) is 0 Å². The highest BCUT2D eigenvalue weighted by Gasteiger charge is 2.25. The van der Waals surface area contributed by atoms with Crippen molar-refractivity contribution in [1.29, 1.82) is 0 Å². The monoisotopic (exact) mass is 295 g/mol. The molecule has 1 aliphatic rings. The van der Waals surface area contributed by atoms with E-state index in [9.17, 15) is 0 Å². The van der Waals surface area contributed by atoms with Crippen LogP contribution in [0, 0.1) is 0 Å². The first-order valence-corrected chi connectivity index (χ1v) is 8.14. The lowest BCUT2D eigenvalue weighted by molar-refractivity contribution is 0.0939. The van der Waals surface area contributed by atoms with Crippen molar-refractivity contribution in [3.05, 3.63) is 22.8 Å². The maximum Gasteiger partial charge on any atom is 0.126 e. The number of hydrogen-bond acceptors (Lipinski definition) is 3. The molecule has 0 aromatic carbocycles. The van der Waals surface area contributed by atoms with Crippen LogP contribution in [0.1, 0.15) is 52.1 Å². The Hall–Kier alpha value is -0.800. The van der Waals surface area contributed by atoms with E-state index in [0.717, 1.165) is 36.0 Å². The van der Waals surface area contributed by atoms with Crippen LogP contribution in [-0.2, 0) is 6.54 Å². The third kappa shape index (κ3) is 3.86. The molecule has 2 atom stereocenters. The van der Waals surface area contributed by atoms with Crippen LogP contribution in [0.5, 0.6) is 0 Å². The summed E-state index contributed by atoms with van der Waals surface area (Å²) in [6.45, 7) is 8.57. The van der Waals surface area contributed by atoms with Crippen LogP contribution < -0.4 is 5.32 Å². The van der Waals surface area contributed by atoms with Gasteiger partial charge in [-0.05, 0) is 45.2 Å². The van der Waals surface area contributed by atoms with Crippen molar-refractivity contribution < 1.29 is 0 Å². The van der Waals surface area contributed by atoms with Gasteiger partial charge in [-0.1, -0.05) is 24.9 Å². The summed E-state index contributed by atoms with van der Waals surface area (Å²) in [5, 5.41) is 4.11. The summed E-state index contributed by atoms with van der Waals surface area (Å²) < 4.78 is 0. The van der Waals surface area contributed by atoms with E-state index in [1.807, 2.05) is 12.1 Å². The van der Waals surface area contributed by atoms with Crippen LogP contribution in [0.4, 0.5) is 5.82 Å². The minimum Gasteiger partial charge on any atom is -0.370 e. The van der Waals surface area contributed by atoms with Crippen LogP contribution >= 0.6 is 11.6 Å². The quantitative estimate of drug-likeness (QED) is 0.877. The van der Waals surface area contributed by atoms with Gasteiger partial charge in [0.25, 0.3) is 0 Å². The van der Waals surface area contributed by atoms with Crippen molar-refractivity contribution in [3.63, 3.8) is 0 Å². The zero-order valence-electron chi connectivity index (χ0n) is 12.8. The predicted octanol–water partition coefficient (Wildman–Crippen LogP) is 4.32. The summed E-state index contributed by atoms with van der Waals surface area (Å²) in [5.41, 5.74) is 0.994. The third-order valence-electron chi connectivity index (χ3n) is 4.18. The van der Waals surface area contributed by atoms with Crippen LogP contribution in [0.2, 0.25) is 5.02 Å². The van der Waals surface area contributed by atoms with E-state index < -0.39 is 0 Å². The number of rotatable bonds is 5. The lowest BCUT2D eigenvalue weighted by atomic mass is 9.97. The van der Waals surface area contributed by atoms with Crippen molar-refractivity contribution in [2.45, 2.75) is 65.1 Å². The largest absolute Gasteiger partial charge is 0.370 e. The molecule has 0 bridgehead atoms. The van der Waals surface area contributed by atoms with Crippen LogP contribution in [-0.4, -0.2) is 28.5 Å². The highest BCUT2D eigenvalue weighted by molar-refractivity contribution is 6.31. The van der Waals surface area contributed by atoms with Gasteiger partial charge in [0.15, 0.2) is 0 Å². The average Bonchev–Trinajstić information content (AvgIpc) is 2.43. The lowest BCUT2D eigenvalue weighted by Gasteiger charge is -2.38. The van der Waals surface area contributed by atoms with Gasteiger partial charge in [-0.3, -0.25) is 4.90 Å². The molecular formula is C16H26ClN3. The molecule has 4 heteroatoms. The molecule has 1 saturated heterocycles. The molecule has 1 aromatic heterocycles. The maximum atomic E-state index is 6.33. The number of nitrogens with zero attached hydrogens (tertiary/aromatic N) is 2. The van der Waals surface area contributed by atoms with Gasteiger partial charge in [-0.25, -0.2) is 4.98 Å². The van der Waals surface area contributed by atoms with Gasteiger partial charge in [0.1, 0.15) is 5.82 Å². The normalized spacial score (nSPS) is 23.8. The summed E-state index contributed by atoms with van der Waals surface area (Å²) in [4.78, 5) is 7.22. The van der Waals surface area contributed by atoms with E-state index in [1.165, 1.54) is 19.3 Å². The van der Waals surface area contributed by atoms with E-state index in [2.05, 4.69) is 36.0 Å². The Balaban J connectivity index is 2.10. The molecule has 0 aliphatic carbocycles. The van der Waals surface area contributed by atoms with Gasteiger partial charge in [0.2, 0.25) is 0 Å². The second-order valence-electron chi connectivity index (χ2n) is 5.85. The van der Waals surface area contributed by atoms with Crippen LogP contribution in [0.3, 0.4) is 0 Å². The Morgan fingerprint density at radius 1 is 1.30 bits per heavy atom. The highest BCUT2D eigenvalue weighted by Crippen LogP contribution is 2.26.